The van der Waals surface area contributed by atoms with Crippen LogP contribution in [0.15, 0.2) is 0 Å². The number of hydrogen-bond donors (Lipinski definition) is 1. The summed E-state index contributed by atoms with van der Waals surface area (Å²) in [5, 5.41) is 0. The first kappa shape index (κ1) is 13.3. The average Bonchev–Trinajstić information content (AvgIpc) is 2.29. The predicted octanol–water partition coefficient (Wildman–Crippen LogP) is 0.623. The third kappa shape index (κ3) is 3.42. The SMILES string of the molecule is CC(N)C1CCCN(C2CCS(=O)(=O)CC2)C1. The van der Waals surface area contributed by atoms with E-state index in [-0.39, 0.29) is 6.04 Å². The number of likely N-dealkylation sites (tertiary alicyclic amines) is 1. The lowest BCUT2D eigenvalue weighted by atomic mass is 9.90. The summed E-state index contributed by atoms with van der Waals surface area (Å²) in [4.78, 5) is 2.48. The molecule has 2 fully saturated rings. The second-order valence-electron chi connectivity index (χ2n) is 5.64. The summed E-state index contributed by atoms with van der Waals surface area (Å²) >= 11 is 0. The first-order chi connectivity index (χ1) is 7.98. The molecule has 2 rings (SSSR count). The Balaban J connectivity index is 1.90. The van der Waals surface area contributed by atoms with Gasteiger partial charge in [-0.25, -0.2) is 8.42 Å². The molecule has 0 spiro atoms. The van der Waals surface area contributed by atoms with Gasteiger partial charge in [0, 0.05) is 18.6 Å². The molecule has 0 aromatic rings. The monoisotopic (exact) mass is 260 g/mol. The minimum absolute atomic E-state index is 0.255. The van der Waals surface area contributed by atoms with Gasteiger partial charge in [0.05, 0.1) is 11.5 Å². The van der Waals surface area contributed by atoms with Crippen LogP contribution in [-0.2, 0) is 9.84 Å². The molecule has 0 amide bonds. The fourth-order valence-corrected chi connectivity index (χ4v) is 4.51. The molecule has 100 valence electrons. The van der Waals surface area contributed by atoms with Gasteiger partial charge in [0.25, 0.3) is 0 Å². The molecule has 0 aliphatic carbocycles. The second-order valence-corrected chi connectivity index (χ2v) is 7.94. The Labute approximate surface area is 104 Å². The zero-order valence-corrected chi connectivity index (χ0v) is 11.5. The highest BCUT2D eigenvalue weighted by molar-refractivity contribution is 7.91. The van der Waals surface area contributed by atoms with Crippen molar-refractivity contribution in [2.75, 3.05) is 24.6 Å². The lowest BCUT2D eigenvalue weighted by Gasteiger charge is -2.40. The van der Waals surface area contributed by atoms with Crippen LogP contribution < -0.4 is 5.73 Å². The van der Waals surface area contributed by atoms with Crippen LogP contribution in [0.5, 0.6) is 0 Å². The molecule has 5 heteroatoms. The Kier molecular flexibility index (Phi) is 4.10. The molecule has 2 N–H and O–H groups in total. The van der Waals surface area contributed by atoms with E-state index in [9.17, 15) is 8.42 Å². The quantitative estimate of drug-likeness (QED) is 0.791. The summed E-state index contributed by atoms with van der Waals surface area (Å²) in [7, 11) is -2.74. The zero-order chi connectivity index (χ0) is 12.5. The topological polar surface area (TPSA) is 63.4 Å². The molecule has 2 aliphatic heterocycles. The minimum Gasteiger partial charge on any atom is -0.328 e. The average molecular weight is 260 g/mol. The van der Waals surface area contributed by atoms with Gasteiger partial charge in [0.2, 0.25) is 0 Å². The Bertz CT molecular complexity index is 340. The highest BCUT2D eigenvalue weighted by atomic mass is 32.2. The van der Waals surface area contributed by atoms with Gasteiger partial charge in [-0.3, -0.25) is 4.90 Å². The number of hydrogen-bond acceptors (Lipinski definition) is 4. The van der Waals surface area contributed by atoms with Crippen molar-refractivity contribution in [3.05, 3.63) is 0 Å². The van der Waals surface area contributed by atoms with Gasteiger partial charge in [-0.05, 0) is 45.1 Å². The van der Waals surface area contributed by atoms with Crippen LogP contribution in [-0.4, -0.2) is 50.0 Å². The molecule has 2 atom stereocenters. The van der Waals surface area contributed by atoms with E-state index in [4.69, 9.17) is 5.73 Å². The van der Waals surface area contributed by atoms with Gasteiger partial charge < -0.3 is 5.73 Å². The van der Waals surface area contributed by atoms with E-state index >= 15 is 0 Å². The van der Waals surface area contributed by atoms with Crippen molar-refractivity contribution in [2.45, 2.75) is 44.7 Å². The maximum absolute atomic E-state index is 11.4. The number of nitrogens with two attached hydrogens (primary N) is 1. The lowest BCUT2D eigenvalue weighted by molar-refractivity contribution is 0.107. The number of rotatable bonds is 2. The highest BCUT2D eigenvalue weighted by Crippen LogP contribution is 2.25. The zero-order valence-electron chi connectivity index (χ0n) is 10.6. The lowest BCUT2D eigenvalue weighted by Crippen LogP contribution is -2.49. The Morgan fingerprint density at radius 3 is 2.47 bits per heavy atom. The van der Waals surface area contributed by atoms with Crippen molar-refractivity contribution in [3.63, 3.8) is 0 Å². The van der Waals surface area contributed by atoms with Crippen molar-refractivity contribution < 1.29 is 8.42 Å². The third-order valence-corrected chi connectivity index (χ3v) is 5.99. The minimum atomic E-state index is -2.74. The van der Waals surface area contributed by atoms with Gasteiger partial charge in [-0.2, -0.15) is 0 Å². The van der Waals surface area contributed by atoms with Gasteiger partial charge in [-0.1, -0.05) is 0 Å². The van der Waals surface area contributed by atoms with Crippen molar-refractivity contribution in [3.8, 4) is 0 Å². The van der Waals surface area contributed by atoms with E-state index in [2.05, 4.69) is 11.8 Å². The van der Waals surface area contributed by atoms with Gasteiger partial charge in [0.1, 0.15) is 9.84 Å². The van der Waals surface area contributed by atoms with Gasteiger partial charge in [0.15, 0.2) is 0 Å². The number of piperidine rings is 1. The van der Waals surface area contributed by atoms with E-state index in [1.54, 1.807) is 0 Å². The van der Waals surface area contributed by atoms with Crippen LogP contribution in [0.3, 0.4) is 0 Å². The molecule has 0 aromatic heterocycles. The fourth-order valence-electron chi connectivity index (χ4n) is 3.04. The van der Waals surface area contributed by atoms with Crippen molar-refractivity contribution >= 4 is 9.84 Å². The molecule has 2 aliphatic rings. The maximum atomic E-state index is 11.4. The maximum Gasteiger partial charge on any atom is 0.150 e. The normalized spacial score (nSPS) is 33.4. The van der Waals surface area contributed by atoms with Crippen LogP contribution in [0.25, 0.3) is 0 Å². The molecule has 4 nitrogen and oxygen atoms in total. The first-order valence-electron chi connectivity index (χ1n) is 6.68. The molecular weight excluding hydrogens is 236 g/mol. The van der Waals surface area contributed by atoms with Crippen molar-refractivity contribution in [1.82, 2.24) is 4.90 Å². The van der Waals surface area contributed by atoms with E-state index in [1.807, 2.05) is 0 Å². The number of sulfone groups is 1. The Hall–Kier alpha value is -0.130. The summed E-state index contributed by atoms with van der Waals surface area (Å²) in [6, 6.07) is 0.727. The summed E-state index contributed by atoms with van der Waals surface area (Å²) < 4.78 is 22.8. The van der Waals surface area contributed by atoms with E-state index < -0.39 is 9.84 Å². The third-order valence-electron chi connectivity index (χ3n) is 4.27. The van der Waals surface area contributed by atoms with Crippen LogP contribution in [0.2, 0.25) is 0 Å². The van der Waals surface area contributed by atoms with E-state index in [0.717, 1.165) is 25.9 Å². The molecule has 0 saturated carbocycles. The van der Waals surface area contributed by atoms with Crippen LogP contribution >= 0.6 is 0 Å². The smallest absolute Gasteiger partial charge is 0.150 e. The predicted molar refractivity (Wildman–Crippen MR) is 69.6 cm³/mol. The molecule has 2 unspecified atom stereocenters. The van der Waals surface area contributed by atoms with Gasteiger partial charge in [-0.15, -0.1) is 0 Å². The summed E-state index contributed by atoms with van der Waals surface area (Å²) in [6.07, 6.45) is 4.05. The van der Waals surface area contributed by atoms with Crippen molar-refractivity contribution in [1.29, 1.82) is 0 Å². The molecule has 0 radical (unpaired) electrons. The Morgan fingerprint density at radius 1 is 1.24 bits per heavy atom. The van der Waals surface area contributed by atoms with Crippen LogP contribution in [0.1, 0.15) is 32.6 Å². The Morgan fingerprint density at radius 2 is 1.88 bits per heavy atom. The second kappa shape index (κ2) is 5.24. The fraction of sp³-hybridized carbons (Fsp3) is 1.00. The standard InChI is InChI=1S/C12H24N2O2S/c1-10(13)11-3-2-6-14(9-11)12-4-7-17(15,16)8-5-12/h10-12H,2-9,13H2,1H3. The van der Waals surface area contributed by atoms with E-state index in [1.165, 1.54) is 12.8 Å². The molecule has 2 saturated heterocycles. The number of nitrogens with zero attached hydrogens (tertiary/aromatic N) is 1. The van der Waals surface area contributed by atoms with Crippen molar-refractivity contribution in [2.24, 2.45) is 11.7 Å². The summed E-state index contributed by atoms with van der Waals surface area (Å²) in [5.74, 6) is 1.33. The molecule has 0 aromatic carbocycles. The van der Waals surface area contributed by atoms with Gasteiger partial charge >= 0.3 is 0 Å². The van der Waals surface area contributed by atoms with Crippen LogP contribution in [0, 0.1) is 5.92 Å². The first-order valence-corrected chi connectivity index (χ1v) is 8.50. The van der Waals surface area contributed by atoms with E-state index in [0.29, 0.717) is 23.5 Å². The summed E-state index contributed by atoms with van der Waals surface area (Å²) in [6.45, 7) is 4.26. The van der Waals surface area contributed by atoms with Crippen LogP contribution in [0.4, 0.5) is 0 Å². The molecular formula is C12H24N2O2S. The molecule has 0 bridgehead atoms. The summed E-state index contributed by atoms with van der Waals surface area (Å²) in [5.41, 5.74) is 5.98. The highest BCUT2D eigenvalue weighted by Gasteiger charge is 2.31. The molecule has 2 heterocycles. The largest absolute Gasteiger partial charge is 0.328 e. The molecule has 17 heavy (non-hydrogen) atoms.